The Morgan fingerprint density at radius 3 is 2.60 bits per heavy atom. The first kappa shape index (κ1) is 18.3. The fourth-order valence-corrected chi connectivity index (χ4v) is 4.34. The Bertz CT molecular complexity index is 744. The van der Waals surface area contributed by atoms with Crippen LogP contribution < -0.4 is 5.32 Å². The molecule has 0 saturated carbocycles. The van der Waals surface area contributed by atoms with E-state index in [1.165, 1.54) is 29.5 Å². The van der Waals surface area contributed by atoms with Crippen LogP contribution in [-0.2, 0) is 17.6 Å². The summed E-state index contributed by atoms with van der Waals surface area (Å²) in [5.41, 5.74) is 4.11. The molecule has 0 fully saturated rings. The summed E-state index contributed by atoms with van der Waals surface area (Å²) < 4.78 is 0. The molecule has 2 aromatic carbocycles. The Kier molecular flexibility index (Phi) is 6.08. The summed E-state index contributed by atoms with van der Waals surface area (Å²) in [5.74, 6) is 0.0930. The summed E-state index contributed by atoms with van der Waals surface area (Å²) in [6, 6.07) is 14.3. The standard InChI is InChI=1S/C21H24ClNOS/c1-3-20(25-19-11-9-18(22)10-12-19)21(24)23-14(2)16-8-7-15-5-4-6-17(15)13-16/h7-14,20H,3-6H2,1-2H3,(H,23,24)/t14-,20+/m1/s1. The lowest BCUT2D eigenvalue weighted by Gasteiger charge is -2.20. The number of thioether (sulfide) groups is 1. The van der Waals surface area contributed by atoms with Crippen molar-refractivity contribution in [1.29, 1.82) is 0 Å². The van der Waals surface area contributed by atoms with Crippen LogP contribution in [0.2, 0.25) is 5.02 Å². The Hall–Kier alpha value is -1.45. The summed E-state index contributed by atoms with van der Waals surface area (Å²) >= 11 is 7.53. The number of carbonyl (C=O) groups excluding carboxylic acids is 1. The predicted molar refractivity (Wildman–Crippen MR) is 106 cm³/mol. The molecule has 3 rings (SSSR count). The molecule has 1 N–H and O–H groups in total. The average Bonchev–Trinajstić information content (AvgIpc) is 3.08. The van der Waals surface area contributed by atoms with Crippen molar-refractivity contribution in [2.24, 2.45) is 0 Å². The molecule has 1 amide bonds. The Morgan fingerprint density at radius 1 is 1.16 bits per heavy atom. The number of rotatable bonds is 6. The summed E-state index contributed by atoms with van der Waals surface area (Å²) in [4.78, 5) is 13.8. The molecule has 0 unspecified atom stereocenters. The zero-order chi connectivity index (χ0) is 17.8. The quantitative estimate of drug-likeness (QED) is 0.670. The number of nitrogens with one attached hydrogen (secondary N) is 1. The largest absolute Gasteiger partial charge is 0.349 e. The zero-order valence-electron chi connectivity index (χ0n) is 14.7. The average molecular weight is 374 g/mol. The molecule has 0 radical (unpaired) electrons. The first-order valence-corrected chi connectivity index (χ1v) is 10.2. The highest BCUT2D eigenvalue weighted by Crippen LogP contribution is 2.28. The maximum atomic E-state index is 12.7. The van der Waals surface area contributed by atoms with Crippen LogP contribution >= 0.6 is 23.4 Å². The number of carbonyl (C=O) groups is 1. The summed E-state index contributed by atoms with van der Waals surface area (Å²) in [7, 11) is 0. The van der Waals surface area contributed by atoms with Gasteiger partial charge in [0.2, 0.25) is 5.91 Å². The maximum absolute atomic E-state index is 12.7. The van der Waals surface area contributed by atoms with Gasteiger partial charge in [0.15, 0.2) is 0 Å². The molecule has 0 heterocycles. The molecular weight excluding hydrogens is 350 g/mol. The molecule has 0 bridgehead atoms. The first-order valence-electron chi connectivity index (χ1n) is 8.91. The van der Waals surface area contributed by atoms with E-state index in [0.29, 0.717) is 5.02 Å². The lowest BCUT2D eigenvalue weighted by atomic mass is 10.0. The Morgan fingerprint density at radius 2 is 1.88 bits per heavy atom. The van der Waals surface area contributed by atoms with Crippen LogP contribution in [-0.4, -0.2) is 11.2 Å². The van der Waals surface area contributed by atoms with Gasteiger partial charge in [-0.15, -0.1) is 11.8 Å². The second kappa shape index (κ2) is 8.29. The van der Waals surface area contributed by atoms with Gasteiger partial charge < -0.3 is 5.32 Å². The van der Waals surface area contributed by atoms with Crippen molar-refractivity contribution in [2.45, 2.75) is 55.7 Å². The monoisotopic (exact) mass is 373 g/mol. The number of benzene rings is 2. The van der Waals surface area contributed by atoms with Gasteiger partial charge in [-0.3, -0.25) is 4.79 Å². The summed E-state index contributed by atoms with van der Waals surface area (Å²) in [6.45, 7) is 4.11. The summed E-state index contributed by atoms with van der Waals surface area (Å²) in [6.07, 6.45) is 4.38. The minimum atomic E-state index is -0.0990. The maximum Gasteiger partial charge on any atom is 0.233 e. The van der Waals surface area contributed by atoms with Crippen molar-refractivity contribution in [3.63, 3.8) is 0 Å². The molecule has 25 heavy (non-hydrogen) atoms. The van der Waals surface area contributed by atoms with Gasteiger partial charge in [-0.2, -0.15) is 0 Å². The molecule has 2 aromatic rings. The van der Waals surface area contributed by atoms with E-state index in [9.17, 15) is 4.79 Å². The molecule has 1 aliphatic rings. The molecule has 2 atom stereocenters. The molecule has 4 heteroatoms. The normalized spacial score (nSPS) is 15.5. The lowest BCUT2D eigenvalue weighted by molar-refractivity contribution is -0.121. The van der Waals surface area contributed by atoms with Crippen LogP contribution in [0.1, 0.15) is 49.4 Å². The number of amides is 1. The van der Waals surface area contributed by atoms with Crippen LogP contribution in [0.4, 0.5) is 0 Å². The van der Waals surface area contributed by atoms with E-state index in [4.69, 9.17) is 11.6 Å². The van der Waals surface area contributed by atoms with Crippen molar-refractivity contribution in [3.8, 4) is 0 Å². The zero-order valence-corrected chi connectivity index (χ0v) is 16.3. The van der Waals surface area contributed by atoms with Crippen molar-refractivity contribution < 1.29 is 4.79 Å². The lowest BCUT2D eigenvalue weighted by Crippen LogP contribution is -2.34. The van der Waals surface area contributed by atoms with Crippen LogP contribution in [0.3, 0.4) is 0 Å². The van der Waals surface area contributed by atoms with E-state index in [0.717, 1.165) is 17.7 Å². The van der Waals surface area contributed by atoms with Gasteiger partial charge >= 0.3 is 0 Å². The van der Waals surface area contributed by atoms with E-state index in [1.54, 1.807) is 11.8 Å². The third-order valence-corrected chi connectivity index (χ3v) is 6.36. The number of hydrogen-bond acceptors (Lipinski definition) is 2. The van der Waals surface area contributed by atoms with Gasteiger partial charge in [0, 0.05) is 9.92 Å². The molecule has 1 aliphatic carbocycles. The van der Waals surface area contributed by atoms with Gasteiger partial charge in [0.1, 0.15) is 0 Å². The van der Waals surface area contributed by atoms with E-state index in [-0.39, 0.29) is 17.2 Å². The van der Waals surface area contributed by atoms with E-state index in [2.05, 4.69) is 30.4 Å². The third kappa shape index (κ3) is 4.59. The number of fused-ring (bicyclic) bond motifs is 1. The number of halogens is 1. The third-order valence-electron chi connectivity index (χ3n) is 4.74. The SMILES string of the molecule is CC[C@H](Sc1ccc(Cl)cc1)C(=O)N[C@H](C)c1ccc2c(c1)CCC2. The molecule has 0 saturated heterocycles. The van der Waals surface area contributed by atoms with Crippen LogP contribution in [0, 0.1) is 0 Å². The Balaban J connectivity index is 1.63. The van der Waals surface area contributed by atoms with Crippen molar-refractivity contribution in [2.75, 3.05) is 0 Å². The highest BCUT2D eigenvalue weighted by Gasteiger charge is 2.21. The molecular formula is C21H24ClNOS. The van der Waals surface area contributed by atoms with Crippen LogP contribution in [0.5, 0.6) is 0 Å². The van der Waals surface area contributed by atoms with Gasteiger partial charge in [-0.05, 0) is 73.6 Å². The number of hydrogen-bond donors (Lipinski definition) is 1. The van der Waals surface area contributed by atoms with E-state index in [1.807, 2.05) is 31.2 Å². The molecule has 132 valence electrons. The number of aryl methyl sites for hydroxylation is 2. The van der Waals surface area contributed by atoms with Gasteiger partial charge in [-0.25, -0.2) is 0 Å². The first-order chi connectivity index (χ1) is 12.1. The van der Waals surface area contributed by atoms with E-state index >= 15 is 0 Å². The fraction of sp³-hybridized carbons (Fsp3) is 0.381. The van der Waals surface area contributed by atoms with Crippen molar-refractivity contribution in [1.82, 2.24) is 5.32 Å². The van der Waals surface area contributed by atoms with Gasteiger partial charge in [-0.1, -0.05) is 36.7 Å². The van der Waals surface area contributed by atoms with Crippen molar-refractivity contribution in [3.05, 3.63) is 64.2 Å². The highest BCUT2D eigenvalue weighted by atomic mass is 35.5. The topological polar surface area (TPSA) is 29.1 Å². The molecule has 0 spiro atoms. The smallest absolute Gasteiger partial charge is 0.233 e. The fourth-order valence-electron chi connectivity index (χ4n) is 3.25. The van der Waals surface area contributed by atoms with Gasteiger partial charge in [0.25, 0.3) is 0 Å². The Labute approximate surface area is 159 Å². The van der Waals surface area contributed by atoms with Gasteiger partial charge in [0.05, 0.1) is 11.3 Å². The minimum Gasteiger partial charge on any atom is -0.349 e. The summed E-state index contributed by atoms with van der Waals surface area (Å²) in [5, 5.41) is 3.80. The predicted octanol–water partition coefficient (Wildman–Crippen LogP) is 5.58. The van der Waals surface area contributed by atoms with E-state index < -0.39 is 0 Å². The minimum absolute atomic E-state index is 0.0262. The second-order valence-corrected chi connectivity index (χ2v) is 8.29. The molecule has 0 aromatic heterocycles. The van der Waals surface area contributed by atoms with Crippen LogP contribution in [0.25, 0.3) is 0 Å². The second-order valence-electron chi connectivity index (χ2n) is 6.58. The molecule has 2 nitrogen and oxygen atoms in total. The molecule has 0 aliphatic heterocycles. The van der Waals surface area contributed by atoms with Crippen molar-refractivity contribution >= 4 is 29.3 Å². The highest BCUT2D eigenvalue weighted by molar-refractivity contribution is 8.00. The van der Waals surface area contributed by atoms with Crippen LogP contribution in [0.15, 0.2) is 47.4 Å².